The number of likely N-dealkylation sites (tertiary alicyclic amines) is 1. The van der Waals surface area contributed by atoms with Crippen LogP contribution in [-0.4, -0.2) is 31.1 Å². The Bertz CT molecular complexity index is 319. The van der Waals surface area contributed by atoms with Crippen molar-refractivity contribution in [2.45, 2.75) is 12.8 Å². The highest BCUT2D eigenvalue weighted by Gasteiger charge is 2.43. The van der Waals surface area contributed by atoms with Crippen LogP contribution in [0.4, 0.5) is 4.39 Å². The quantitative estimate of drug-likeness (QED) is 0.737. The van der Waals surface area contributed by atoms with Gasteiger partial charge in [-0.15, -0.1) is 0 Å². The van der Waals surface area contributed by atoms with E-state index >= 15 is 0 Å². The molecule has 2 saturated heterocycles. The van der Waals surface area contributed by atoms with Crippen LogP contribution >= 0.6 is 0 Å². The van der Waals surface area contributed by atoms with E-state index in [9.17, 15) is 4.39 Å². The summed E-state index contributed by atoms with van der Waals surface area (Å²) in [6.07, 6.45) is 5.62. The molecular weight excluding hydrogens is 203 g/mol. The van der Waals surface area contributed by atoms with E-state index < -0.39 is 5.83 Å². The topological polar surface area (TPSA) is 15.3 Å². The van der Waals surface area contributed by atoms with Crippen LogP contribution in [0.2, 0.25) is 0 Å². The van der Waals surface area contributed by atoms with E-state index in [2.05, 4.69) is 23.4 Å². The summed E-state index contributed by atoms with van der Waals surface area (Å²) in [5.74, 6) is -0.421. The van der Waals surface area contributed by atoms with Crippen molar-refractivity contribution in [3.8, 4) is 0 Å². The number of hydrogen-bond donors (Lipinski definition) is 1. The molecule has 0 bridgehead atoms. The Hall–Kier alpha value is -1.09. The van der Waals surface area contributed by atoms with Gasteiger partial charge in [0.1, 0.15) is 5.83 Å². The van der Waals surface area contributed by atoms with Crippen molar-refractivity contribution >= 4 is 0 Å². The van der Waals surface area contributed by atoms with Crippen LogP contribution < -0.4 is 5.32 Å². The lowest BCUT2D eigenvalue weighted by atomic mass is 9.74. The first-order valence-electron chi connectivity index (χ1n) is 5.78. The summed E-state index contributed by atoms with van der Waals surface area (Å²) < 4.78 is 12.4. The second-order valence-electron chi connectivity index (χ2n) is 4.91. The van der Waals surface area contributed by atoms with Gasteiger partial charge in [0.05, 0.1) is 0 Å². The first-order valence-corrected chi connectivity index (χ1v) is 5.78. The van der Waals surface area contributed by atoms with Gasteiger partial charge >= 0.3 is 0 Å². The number of halogens is 1. The zero-order valence-corrected chi connectivity index (χ0v) is 9.64. The minimum Gasteiger partial charge on any atom is -0.371 e. The summed E-state index contributed by atoms with van der Waals surface area (Å²) in [5, 5.41) is 3.44. The minimum atomic E-state index is -0.421. The highest BCUT2D eigenvalue weighted by Crippen LogP contribution is 2.38. The van der Waals surface area contributed by atoms with Crippen LogP contribution in [0.1, 0.15) is 12.8 Å². The molecule has 0 radical (unpaired) electrons. The van der Waals surface area contributed by atoms with Gasteiger partial charge in [-0.1, -0.05) is 13.2 Å². The Morgan fingerprint density at radius 3 is 2.62 bits per heavy atom. The highest BCUT2D eigenvalue weighted by molar-refractivity contribution is 5.23. The molecular formula is C13H19FN2. The third kappa shape index (κ3) is 2.35. The molecule has 1 N–H and O–H groups in total. The molecule has 0 amide bonds. The third-order valence-corrected chi connectivity index (χ3v) is 3.48. The van der Waals surface area contributed by atoms with Crippen molar-refractivity contribution in [2.24, 2.45) is 5.41 Å². The Kier molecular flexibility index (Phi) is 3.15. The van der Waals surface area contributed by atoms with Crippen molar-refractivity contribution in [1.29, 1.82) is 0 Å². The Labute approximate surface area is 96.5 Å². The second kappa shape index (κ2) is 4.42. The van der Waals surface area contributed by atoms with Gasteiger partial charge in [0.25, 0.3) is 0 Å². The van der Waals surface area contributed by atoms with Crippen molar-refractivity contribution in [3.05, 3.63) is 36.8 Å². The summed E-state index contributed by atoms with van der Waals surface area (Å²) in [6.45, 7) is 11.5. The molecule has 2 nitrogen and oxygen atoms in total. The van der Waals surface area contributed by atoms with E-state index in [1.54, 1.807) is 6.08 Å². The van der Waals surface area contributed by atoms with E-state index in [0.29, 0.717) is 5.41 Å². The second-order valence-corrected chi connectivity index (χ2v) is 4.91. The molecule has 2 fully saturated rings. The van der Waals surface area contributed by atoms with Crippen LogP contribution in [-0.2, 0) is 0 Å². The summed E-state index contributed by atoms with van der Waals surface area (Å²) in [5.41, 5.74) is 1.33. The molecule has 2 aliphatic rings. The van der Waals surface area contributed by atoms with Crippen molar-refractivity contribution in [2.75, 3.05) is 26.2 Å². The normalized spacial score (nSPS) is 23.4. The number of nitrogens with zero attached hydrogens (tertiary/aromatic N) is 1. The molecule has 2 heterocycles. The smallest absolute Gasteiger partial charge is 0.116 e. The first kappa shape index (κ1) is 11.4. The average Bonchev–Trinajstić information content (AvgIpc) is 2.23. The molecule has 1 spiro atoms. The van der Waals surface area contributed by atoms with Crippen LogP contribution in [0.15, 0.2) is 36.8 Å². The zero-order chi connectivity index (χ0) is 11.6. The van der Waals surface area contributed by atoms with E-state index in [4.69, 9.17) is 0 Å². The van der Waals surface area contributed by atoms with Gasteiger partial charge in [0.2, 0.25) is 0 Å². The lowest BCUT2D eigenvalue weighted by molar-refractivity contribution is 0.0111. The van der Waals surface area contributed by atoms with E-state index in [-0.39, 0.29) is 0 Å². The molecule has 0 atom stereocenters. The predicted molar refractivity (Wildman–Crippen MR) is 64.6 cm³/mol. The Morgan fingerprint density at radius 1 is 1.31 bits per heavy atom. The fourth-order valence-corrected chi connectivity index (χ4v) is 2.56. The van der Waals surface area contributed by atoms with Crippen LogP contribution in [0, 0.1) is 5.41 Å². The van der Waals surface area contributed by atoms with Crippen molar-refractivity contribution < 1.29 is 4.39 Å². The van der Waals surface area contributed by atoms with E-state index in [1.807, 2.05) is 0 Å². The molecule has 0 aromatic heterocycles. The number of nitrogens with one attached hydrogen (secondary N) is 1. The maximum absolute atomic E-state index is 12.4. The zero-order valence-electron chi connectivity index (χ0n) is 9.64. The summed E-state index contributed by atoms with van der Waals surface area (Å²) in [7, 11) is 0. The van der Waals surface area contributed by atoms with Crippen LogP contribution in [0.25, 0.3) is 0 Å². The first-order chi connectivity index (χ1) is 7.61. The highest BCUT2D eigenvalue weighted by atomic mass is 19.1. The maximum Gasteiger partial charge on any atom is 0.116 e. The van der Waals surface area contributed by atoms with Crippen molar-refractivity contribution in [1.82, 2.24) is 10.2 Å². The molecule has 16 heavy (non-hydrogen) atoms. The summed E-state index contributed by atoms with van der Waals surface area (Å²) in [6, 6.07) is 0. The molecule has 2 aliphatic heterocycles. The molecule has 0 aromatic carbocycles. The van der Waals surface area contributed by atoms with Gasteiger partial charge in [0.15, 0.2) is 0 Å². The standard InChI is InChI=1S/C13H19FN2/c1-11(14)4-5-12(2)16-9-13(10-16)6-3-7-15-8-13/h4-5,15H,1-3,6-10H2/b5-4-. The third-order valence-electron chi connectivity index (χ3n) is 3.48. The van der Waals surface area contributed by atoms with Gasteiger partial charge in [-0.05, 0) is 31.5 Å². The lowest BCUT2D eigenvalue weighted by Gasteiger charge is -2.53. The predicted octanol–water partition coefficient (Wildman–Crippen LogP) is 2.22. The van der Waals surface area contributed by atoms with Gasteiger partial charge in [-0.3, -0.25) is 0 Å². The largest absolute Gasteiger partial charge is 0.371 e. The molecule has 0 saturated carbocycles. The molecule has 0 unspecified atom stereocenters. The summed E-state index contributed by atoms with van der Waals surface area (Å²) >= 11 is 0. The molecule has 0 aliphatic carbocycles. The SMILES string of the molecule is C=C(F)/C=C\C(=C)N1CC2(CCCNC2)C1. The van der Waals surface area contributed by atoms with E-state index in [1.165, 1.54) is 18.9 Å². The molecule has 2 rings (SSSR count). The molecule has 3 heteroatoms. The van der Waals surface area contributed by atoms with Crippen LogP contribution in [0.3, 0.4) is 0 Å². The lowest BCUT2D eigenvalue weighted by Crippen LogP contribution is -2.61. The van der Waals surface area contributed by atoms with Gasteiger partial charge < -0.3 is 10.2 Å². The number of piperidine rings is 1. The van der Waals surface area contributed by atoms with Crippen LogP contribution in [0.5, 0.6) is 0 Å². The Morgan fingerprint density at radius 2 is 2.06 bits per heavy atom. The minimum absolute atomic E-state index is 0.421. The number of allylic oxidation sites excluding steroid dienone is 3. The molecule has 88 valence electrons. The van der Waals surface area contributed by atoms with Gasteiger partial charge in [-0.25, -0.2) is 4.39 Å². The molecule has 0 aromatic rings. The maximum atomic E-state index is 12.4. The van der Waals surface area contributed by atoms with E-state index in [0.717, 1.165) is 31.9 Å². The fourth-order valence-electron chi connectivity index (χ4n) is 2.56. The van der Waals surface area contributed by atoms with Crippen molar-refractivity contribution in [3.63, 3.8) is 0 Å². The monoisotopic (exact) mass is 222 g/mol. The van der Waals surface area contributed by atoms with Gasteiger partial charge in [0, 0.05) is 30.7 Å². The average molecular weight is 222 g/mol. The number of hydrogen-bond acceptors (Lipinski definition) is 2. The number of rotatable bonds is 3. The summed E-state index contributed by atoms with van der Waals surface area (Å²) in [4.78, 5) is 2.20. The Balaban J connectivity index is 1.83. The fraction of sp³-hybridized carbons (Fsp3) is 0.538. The van der Waals surface area contributed by atoms with Gasteiger partial charge in [-0.2, -0.15) is 0 Å².